The number of nitrogens with zero attached hydrogens (tertiary/aromatic N) is 3. The highest BCUT2D eigenvalue weighted by Crippen LogP contribution is 2.39. The second-order valence-corrected chi connectivity index (χ2v) is 6.58. The molecule has 0 spiro atoms. The van der Waals surface area contributed by atoms with Gasteiger partial charge < -0.3 is 4.90 Å². The quantitative estimate of drug-likeness (QED) is 0.655. The lowest BCUT2D eigenvalue weighted by Crippen LogP contribution is -2.21. The predicted molar refractivity (Wildman–Crippen MR) is 98.7 cm³/mol. The van der Waals surface area contributed by atoms with Crippen molar-refractivity contribution in [1.29, 1.82) is 0 Å². The number of rotatable bonds is 6. The van der Waals surface area contributed by atoms with Gasteiger partial charge in [0.1, 0.15) is 0 Å². The third-order valence-corrected chi connectivity index (χ3v) is 4.64. The molecule has 3 heteroatoms. The molecule has 0 bridgehead atoms. The van der Waals surface area contributed by atoms with Gasteiger partial charge in [0, 0.05) is 36.4 Å². The largest absolute Gasteiger partial charge is 0.338 e. The van der Waals surface area contributed by atoms with Crippen LogP contribution < -0.4 is 4.90 Å². The molecule has 1 aliphatic carbocycles. The summed E-state index contributed by atoms with van der Waals surface area (Å²) in [4.78, 5) is 2.53. The molecular weight excluding hydrogens is 294 g/mol. The molecule has 1 saturated carbocycles. The van der Waals surface area contributed by atoms with Crippen molar-refractivity contribution in [2.24, 2.45) is 0 Å². The third-order valence-electron chi connectivity index (χ3n) is 4.64. The topological polar surface area (TPSA) is 21.1 Å². The van der Waals surface area contributed by atoms with E-state index >= 15 is 0 Å². The minimum absolute atomic E-state index is 0.638. The van der Waals surface area contributed by atoms with Gasteiger partial charge in [0.25, 0.3) is 0 Å². The molecular formula is C21H23N3. The van der Waals surface area contributed by atoms with Gasteiger partial charge in [-0.1, -0.05) is 35.9 Å². The van der Waals surface area contributed by atoms with Gasteiger partial charge in [-0.15, -0.1) is 0 Å². The minimum Gasteiger partial charge on any atom is -0.338 e. The molecule has 0 N–H and O–H groups in total. The summed E-state index contributed by atoms with van der Waals surface area (Å²) < 4.78 is 2.00. The normalized spacial score (nSPS) is 13.9. The van der Waals surface area contributed by atoms with Crippen LogP contribution in [0.25, 0.3) is 0 Å². The van der Waals surface area contributed by atoms with Gasteiger partial charge in [0.2, 0.25) is 0 Å². The Labute approximate surface area is 143 Å². The van der Waals surface area contributed by atoms with Crippen molar-refractivity contribution >= 4 is 11.4 Å². The fourth-order valence-corrected chi connectivity index (χ4v) is 3.21. The first kappa shape index (κ1) is 15.0. The Morgan fingerprint density at radius 1 is 1.04 bits per heavy atom. The fourth-order valence-electron chi connectivity index (χ4n) is 3.21. The maximum absolute atomic E-state index is 4.32. The highest BCUT2D eigenvalue weighted by molar-refractivity contribution is 5.68. The molecule has 3 aromatic rings. The van der Waals surface area contributed by atoms with Crippen molar-refractivity contribution in [1.82, 2.24) is 9.78 Å². The van der Waals surface area contributed by atoms with Crippen LogP contribution in [0.15, 0.2) is 67.0 Å². The molecule has 24 heavy (non-hydrogen) atoms. The molecule has 0 amide bonds. The van der Waals surface area contributed by atoms with E-state index in [1.165, 1.54) is 35.3 Å². The van der Waals surface area contributed by atoms with Crippen LogP contribution in [0.5, 0.6) is 0 Å². The summed E-state index contributed by atoms with van der Waals surface area (Å²) in [6.45, 7) is 3.06. The van der Waals surface area contributed by atoms with Crippen LogP contribution in [0.1, 0.15) is 24.0 Å². The zero-order chi connectivity index (χ0) is 16.4. The molecule has 0 saturated heterocycles. The predicted octanol–water partition coefficient (Wildman–Crippen LogP) is 4.73. The average molecular weight is 317 g/mol. The van der Waals surface area contributed by atoms with E-state index in [9.17, 15) is 0 Å². The van der Waals surface area contributed by atoms with E-state index in [0.29, 0.717) is 6.04 Å². The first-order valence-electron chi connectivity index (χ1n) is 8.72. The average Bonchev–Trinajstić information content (AvgIpc) is 3.30. The summed E-state index contributed by atoms with van der Waals surface area (Å²) in [7, 11) is 0. The van der Waals surface area contributed by atoms with Gasteiger partial charge in [-0.3, -0.25) is 4.68 Å². The molecule has 3 nitrogen and oxygen atoms in total. The third kappa shape index (κ3) is 3.21. The van der Waals surface area contributed by atoms with Crippen molar-refractivity contribution in [3.8, 4) is 0 Å². The Hall–Kier alpha value is -2.55. The number of para-hydroxylation sites is 1. The monoisotopic (exact) mass is 317 g/mol. The Morgan fingerprint density at radius 2 is 1.83 bits per heavy atom. The van der Waals surface area contributed by atoms with E-state index < -0.39 is 0 Å². The number of aromatic nitrogens is 2. The smallest absolute Gasteiger partial charge is 0.0489 e. The van der Waals surface area contributed by atoms with E-state index in [1.54, 1.807) is 0 Å². The molecule has 1 aromatic heterocycles. The molecule has 122 valence electrons. The number of anilines is 2. The number of aryl methyl sites for hydroxylation is 3. The van der Waals surface area contributed by atoms with Gasteiger partial charge in [0.05, 0.1) is 0 Å². The molecule has 0 unspecified atom stereocenters. The van der Waals surface area contributed by atoms with Crippen molar-refractivity contribution < 1.29 is 0 Å². The van der Waals surface area contributed by atoms with Gasteiger partial charge in [-0.2, -0.15) is 5.10 Å². The number of benzene rings is 2. The Kier molecular flexibility index (Phi) is 4.08. The first-order chi connectivity index (χ1) is 11.8. The lowest BCUT2D eigenvalue weighted by molar-refractivity contribution is 0.614. The van der Waals surface area contributed by atoms with Crippen LogP contribution in [0.4, 0.5) is 11.4 Å². The van der Waals surface area contributed by atoms with Crippen molar-refractivity contribution in [3.63, 3.8) is 0 Å². The van der Waals surface area contributed by atoms with Crippen LogP contribution in [0.3, 0.4) is 0 Å². The highest BCUT2D eigenvalue weighted by atomic mass is 15.3. The molecule has 1 heterocycles. The number of hydrogen-bond acceptors (Lipinski definition) is 2. The maximum atomic E-state index is 4.32. The molecule has 1 fully saturated rings. The molecule has 0 aliphatic heterocycles. The number of hydrogen-bond donors (Lipinski definition) is 0. The van der Waals surface area contributed by atoms with Crippen molar-refractivity contribution in [2.45, 2.75) is 38.8 Å². The van der Waals surface area contributed by atoms with Crippen LogP contribution in [0, 0.1) is 6.92 Å². The van der Waals surface area contributed by atoms with E-state index in [1.807, 2.05) is 23.1 Å². The van der Waals surface area contributed by atoms with Gasteiger partial charge in [-0.25, -0.2) is 0 Å². The molecule has 0 radical (unpaired) electrons. The Morgan fingerprint density at radius 3 is 2.54 bits per heavy atom. The summed E-state index contributed by atoms with van der Waals surface area (Å²) in [5, 5.41) is 4.32. The van der Waals surface area contributed by atoms with E-state index in [4.69, 9.17) is 0 Å². The van der Waals surface area contributed by atoms with Crippen molar-refractivity contribution in [3.05, 3.63) is 78.1 Å². The van der Waals surface area contributed by atoms with Gasteiger partial charge >= 0.3 is 0 Å². The minimum atomic E-state index is 0.638. The highest BCUT2D eigenvalue weighted by Gasteiger charge is 2.31. The van der Waals surface area contributed by atoms with Crippen LogP contribution >= 0.6 is 0 Å². The second kappa shape index (κ2) is 6.52. The summed E-state index contributed by atoms with van der Waals surface area (Å²) in [5.74, 6) is 0. The molecule has 1 aliphatic rings. The van der Waals surface area contributed by atoms with Gasteiger partial charge in [0.15, 0.2) is 0 Å². The van der Waals surface area contributed by atoms with Crippen LogP contribution in [-0.2, 0) is 13.0 Å². The second-order valence-electron chi connectivity index (χ2n) is 6.58. The lowest BCUT2D eigenvalue weighted by Gasteiger charge is -2.27. The zero-order valence-corrected chi connectivity index (χ0v) is 14.1. The van der Waals surface area contributed by atoms with E-state index in [2.05, 4.69) is 65.5 Å². The maximum Gasteiger partial charge on any atom is 0.0489 e. The van der Waals surface area contributed by atoms with Crippen LogP contribution in [0.2, 0.25) is 0 Å². The van der Waals surface area contributed by atoms with E-state index in [-0.39, 0.29) is 0 Å². The molecule has 4 rings (SSSR count). The van der Waals surface area contributed by atoms with Crippen LogP contribution in [-0.4, -0.2) is 15.8 Å². The molecule has 2 aromatic carbocycles. The summed E-state index contributed by atoms with van der Waals surface area (Å²) in [5.41, 5.74) is 5.34. The standard InChI is InChI=1S/C21H23N3/c1-17-7-9-19(10-8-17)24(20-11-12-20)21-6-3-2-5-18(21)13-16-23-15-4-14-22-23/h2-10,14-15,20H,11-13,16H2,1H3. The van der Waals surface area contributed by atoms with E-state index in [0.717, 1.165) is 13.0 Å². The summed E-state index contributed by atoms with van der Waals surface area (Å²) in [6.07, 6.45) is 7.42. The summed E-state index contributed by atoms with van der Waals surface area (Å²) >= 11 is 0. The SMILES string of the molecule is Cc1ccc(N(c2ccccc2CCn2cccn2)C2CC2)cc1. The zero-order valence-electron chi connectivity index (χ0n) is 14.1. The fraction of sp³-hybridized carbons (Fsp3) is 0.286. The molecule has 0 atom stereocenters. The Bertz CT molecular complexity index is 786. The van der Waals surface area contributed by atoms with Crippen molar-refractivity contribution in [2.75, 3.05) is 4.90 Å². The first-order valence-corrected chi connectivity index (χ1v) is 8.72. The summed E-state index contributed by atoms with van der Waals surface area (Å²) in [6, 6.07) is 20.3. The Balaban J connectivity index is 1.64. The lowest BCUT2D eigenvalue weighted by atomic mass is 10.1. The van der Waals surface area contributed by atoms with Gasteiger partial charge in [-0.05, 0) is 56.0 Å².